The molecule has 0 bridgehead atoms. The number of hydrogen-bond donors (Lipinski definition) is 2. The molecule has 190 valence electrons. The highest BCUT2D eigenvalue weighted by Crippen LogP contribution is 2.38. The molecule has 2 aromatic carbocycles. The average molecular weight is 538 g/mol. The second-order valence-corrected chi connectivity index (χ2v) is 11.3. The fourth-order valence-corrected chi connectivity index (χ4v) is 4.67. The summed E-state index contributed by atoms with van der Waals surface area (Å²) < 4.78 is 15.7. The van der Waals surface area contributed by atoms with Gasteiger partial charge in [0.15, 0.2) is 0 Å². The highest BCUT2D eigenvalue weighted by Gasteiger charge is 2.28. The standard InChI is InChI=1S/C27H26Cl2FN7/c1-27(2,3)14-33-24-15(11-31)12-32-25-20(24)9-17(10-22(25)29)34-26(19-7-4-16(30)8-21(19)28)23-13-37(36-35-23)18-5-6-18/h4,7-10,12-13,18,26,34H,5-6,14H2,1-3H3,(H,32,33). The molecule has 1 aliphatic rings. The molecular weight excluding hydrogens is 512 g/mol. The van der Waals surface area contributed by atoms with E-state index in [0.717, 1.165) is 12.8 Å². The molecule has 2 heterocycles. The van der Waals surface area contributed by atoms with Gasteiger partial charge in [-0.3, -0.25) is 4.98 Å². The summed E-state index contributed by atoms with van der Waals surface area (Å²) in [6.07, 6.45) is 5.56. The molecule has 1 aliphatic carbocycles. The summed E-state index contributed by atoms with van der Waals surface area (Å²) in [5.74, 6) is -0.424. The van der Waals surface area contributed by atoms with Gasteiger partial charge in [-0.1, -0.05) is 55.3 Å². The Morgan fingerprint density at radius 3 is 2.65 bits per heavy atom. The first kappa shape index (κ1) is 25.2. The van der Waals surface area contributed by atoms with Crippen LogP contribution in [-0.2, 0) is 0 Å². The van der Waals surface area contributed by atoms with Gasteiger partial charge in [0.25, 0.3) is 0 Å². The monoisotopic (exact) mass is 537 g/mol. The van der Waals surface area contributed by atoms with E-state index >= 15 is 0 Å². The lowest BCUT2D eigenvalue weighted by Gasteiger charge is -2.22. The zero-order valence-corrected chi connectivity index (χ0v) is 22.2. The third kappa shape index (κ3) is 5.48. The van der Waals surface area contributed by atoms with Gasteiger partial charge in [-0.25, -0.2) is 9.07 Å². The van der Waals surface area contributed by atoms with Gasteiger partial charge in [0, 0.05) is 28.8 Å². The zero-order valence-electron chi connectivity index (χ0n) is 20.7. The summed E-state index contributed by atoms with van der Waals surface area (Å²) in [7, 11) is 0. The topological polar surface area (TPSA) is 91.5 Å². The summed E-state index contributed by atoms with van der Waals surface area (Å²) in [6, 6.07) is 10.0. The number of pyridine rings is 1. The summed E-state index contributed by atoms with van der Waals surface area (Å²) in [5, 5.41) is 26.7. The lowest BCUT2D eigenvalue weighted by Crippen LogP contribution is -2.20. The third-order valence-electron chi connectivity index (χ3n) is 6.17. The molecule has 4 aromatic rings. The minimum absolute atomic E-state index is 0.0141. The molecular formula is C27H26Cl2FN7. The van der Waals surface area contributed by atoms with E-state index in [1.807, 2.05) is 16.9 Å². The molecule has 10 heteroatoms. The third-order valence-corrected chi connectivity index (χ3v) is 6.79. The average Bonchev–Trinajstić information content (AvgIpc) is 3.57. The van der Waals surface area contributed by atoms with Gasteiger partial charge in [-0.2, -0.15) is 5.26 Å². The molecule has 1 fully saturated rings. The fourth-order valence-electron chi connectivity index (χ4n) is 4.13. The molecule has 0 amide bonds. The normalized spacial score (nSPS) is 14.4. The Hall–Kier alpha value is -3.41. The van der Waals surface area contributed by atoms with E-state index in [1.165, 1.54) is 18.3 Å². The molecule has 1 atom stereocenters. The van der Waals surface area contributed by atoms with Crippen molar-refractivity contribution in [2.24, 2.45) is 5.41 Å². The molecule has 0 radical (unpaired) electrons. The lowest BCUT2D eigenvalue weighted by atomic mass is 9.96. The smallest absolute Gasteiger partial charge is 0.124 e. The van der Waals surface area contributed by atoms with Crippen molar-refractivity contribution in [3.8, 4) is 6.07 Å². The molecule has 0 spiro atoms. The first-order valence-corrected chi connectivity index (χ1v) is 12.8. The summed E-state index contributed by atoms with van der Waals surface area (Å²) in [5.41, 5.74) is 3.63. The Balaban J connectivity index is 1.60. The lowest BCUT2D eigenvalue weighted by molar-refractivity contribution is 0.443. The maximum atomic E-state index is 13.9. The Bertz CT molecular complexity index is 1520. The molecule has 2 N–H and O–H groups in total. The second kappa shape index (κ2) is 9.81. The van der Waals surface area contributed by atoms with Gasteiger partial charge in [0.1, 0.15) is 17.6 Å². The highest BCUT2D eigenvalue weighted by atomic mass is 35.5. The zero-order chi connectivity index (χ0) is 26.3. The molecule has 37 heavy (non-hydrogen) atoms. The van der Waals surface area contributed by atoms with E-state index < -0.39 is 11.9 Å². The van der Waals surface area contributed by atoms with Gasteiger partial charge >= 0.3 is 0 Å². The van der Waals surface area contributed by atoms with Crippen LogP contribution in [0.2, 0.25) is 10.0 Å². The first-order chi connectivity index (χ1) is 17.6. The Morgan fingerprint density at radius 1 is 1.19 bits per heavy atom. The van der Waals surface area contributed by atoms with Crippen LogP contribution in [0.1, 0.15) is 62.5 Å². The van der Waals surface area contributed by atoms with Crippen LogP contribution in [0.15, 0.2) is 42.7 Å². The van der Waals surface area contributed by atoms with Gasteiger partial charge < -0.3 is 10.6 Å². The number of nitriles is 1. The van der Waals surface area contributed by atoms with E-state index in [1.54, 1.807) is 12.1 Å². The predicted octanol–water partition coefficient (Wildman–Crippen LogP) is 7.14. The van der Waals surface area contributed by atoms with Crippen LogP contribution in [0.3, 0.4) is 0 Å². The number of rotatable bonds is 7. The Labute approximate surface area is 224 Å². The molecule has 0 saturated heterocycles. The van der Waals surface area contributed by atoms with Crippen molar-refractivity contribution in [1.29, 1.82) is 5.26 Å². The predicted molar refractivity (Wildman–Crippen MR) is 145 cm³/mol. The van der Waals surface area contributed by atoms with E-state index in [-0.39, 0.29) is 10.4 Å². The minimum atomic E-state index is -0.521. The second-order valence-electron chi connectivity index (χ2n) is 10.5. The molecule has 7 nitrogen and oxygen atoms in total. The van der Waals surface area contributed by atoms with Gasteiger partial charge in [0.05, 0.1) is 40.1 Å². The van der Waals surface area contributed by atoms with E-state index in [0.29, 0.717) is 56.7 Å². The number of fused-ring (bicyclic) bond motifs is 1. The van der Waals surface area contributed by atoms with Gasteiger partial charge in [-0.15, -0.1) is 5.10 Å². The van der Waals surface area contributed by atoms with E-state index in [2.05, 4.69) is 52.8 Å². The SMILES string of the molecule is CC(C)(C)CNc1c(C#N)cnc2c(Cl)cc(NC(c3cn(C4CC4)nn3)c3ccc(F)cc3Cl)cc12. The minimum Gasteiger partial charge on any atom is -0.383 e. The van der Waals surface area contributed by atoms with Crippen molar-refractivity contribution in [2.45, 2.75) is 45.7 Å². The van der Waals surface area contributed by atoms with Crippen molar-refractivity contribution in [2.75, 3.05) is 17.2 Å². The number of benzene rings is 2. The van der Waals surface area contributed by atoms with Crippen LogP contribution in [0.4, 0.5) is 15.8 Å². The summed E-state index contributed by atoms with van der Waals surface area (Å²) >= 11 is 13.2. The number of nitrogens with one attached hydrogen (secondary N) is 2. The fraction of sp³-hybridized carbons (Fsp3) is 0.333. The maximum Gasteiger partial charge on any atom is 0.124 e. The van der Waals surface area contributed by atoms with Crippen LogP contribution < -0.4 is 10.6 Å². The highest BCUT2D eigenvalue weighted by molar-refractivity contribution is 6.36. The van der Waals surface area contributed by atoms with Crippen molar-refractivity contribution < 1.29 is 4.39 Å². The van der Waals surface area contributed by atoms with Crippen molar-refractivity contribution >= 4 is 45.5 Å². The molecule has 1 unspecified atom stereocenters. The van der Waals surface area contributed by atoms with Crippen molar-refractivity contribution in [3.05, 3.63) is 75.4 Å². The number of anilines is 2. The Morgan fingerprint density at radius 2 is 1.97 bits per heavy atom. The molecule has 5 rings (SSSR count). The largest absolute Gasteiger partial charge is 0.383 e. The van der Waals surface area contributed by atoms with E-state index in [9.17, 15) is 9.65 Å². The van der Waals surface area contributed by atoms with Crippen LogP contribution in [-0.4, -0.2) is 26.5 Å². The molecule has 0 aliphatic heterocycles. The number of nitrogens with zero attached hydrogens (tertiary/aromatic N) is 5. The van der Waals surface area contributed by atoms with E-state index in [4.69, 9.17) is 23.2 Å². The van der Waals surface area contributed by atoms with Crippen LogP contribution >= 0.6 is 23.2 Å². The first-order valence-electron chi connectivity index (χ1n) is 12.0. The summed E-state index contributed by atoms with van der Waals surface area (Å²) in [6.45, 7) is 6.98. The molecule has 1 saturated carbocycles. The van der Waals surface area contributed by atoms with Crippen LogP contribution in [0.5, 0.6) is 0 Å². The van der Waals surface area contributed by atoms with Crippen molar-refractivity contribution in [3.63, 3.8) is 0 Å². The molecule has 2 aromatic heterocycles. The number of hydrogen-bond acceptors (Lipinski definition) is 6. The van der Waals surface area contributed by atoms with Gasteiger partial charge in [-0.05, 0) is 48.1 Å². The van der Waals surface area contributed by atoms with Crippen LogP contribution in [0, 0.1) is 22.6 Å². The maximum absolute atomic E-state index is 13.9. The van der Waals surface area contributed by atoms with Crippen LogP contribution in [0.25, 0.3) is 10.9 Å². The summed E-state index contributed by atoms with van der Waals surface area (Å²) in [4.78, 5) is 4.44. The Kier molecular flexibility index (Phi) is 6.69. The number of halogens is 3. The van der Waals surface area contributed by atoms with Gasteiger partial charge in [0.2, 0.25) is 0 Å². The number of aromatic nitrogens is 4. The quantitative estimate of drug-likeness (QED) is 0.260. The van der Waals surface area contributed by atoms with Crippen molar-refractivity contribution in [1.82, 2.24) is 20.0 Å².